The lowest BCUT2D eigenvalue weighted by Crippen LogP contribution is -2.57. The van der Waals surface area contributed by atoms with Crippen molar-refractivity contribution in [3.05, 3.63) is 76.8 Å². The van der Waals surface area contributed by atoms with Crippen LogP contribution < -0.4 is 0 Å². The zero-order chi connectivity index (χ0) is 19.6. The van der Waals surface area contributed by atoms with Crippen LogP contribution in [0, 0.1) is 6.92 Å². The number of rotatable bonds is 5. The minimum atomic E-state index is 0.0812. The first-order chi connectivity index (χ1) is 12.9. The molecule has 2 aromatic carbocycles. The maximum Gasteiger partial charge on any atom is 0.115 e. The molecule has 1 N–H and O–H groups in total. The molecule has 3 rings (SSSR count). The average Bonchev–Trinajstić information content (AvgIpc) is 2.61. The first-order valence-corrected chi connectivity index (χ1v) is 9.94. The molecule has 0 amide bonds. The van der Waals surface area contributed by atoms with Crippen molar-refractivity contribution < 1.29 is 5.11 Å². The molecular weight excluding hydrogens is 356 g/mol. The Morgan fingerprint density at radius 1 is 1.19 bits per heavy atom. The summed E-state index contributed by atoms with van der Waals surface area (Å²) in [6, 6.07) is 14.6. The molecule has 4 heteroatoms. The minimum Gasteiger partial charge on any atom is -0.508 e. The molecule has 0 aromatic heterocycles. The normalized spacial score (nSPS) is 22.5. The Labute approximate surface area is 167 Å². The van der Waals surface area contributed by atoms with Crippen molar-refractivity contribution in [2.45, 2.75) is 38.9 Å². The third-order valence-electron chi connectivity index (χ3n) is 5.57. The maximum atomic E-state index is 10.1. The lowest BCUT2D eigenvalue weighted by molar-refractivity contribution is 0.0305. The molecule has 1 heterocycles. The molecule has 3 nitrogen and oxygen atoms in total. The van der Waals surface area contributed by atoms with Gasteiger partial charge in [-0.15, -0.1) is 6.58 Å². The quantitative estimate of drug-likeness (QED) is 0.733. The second-order valence-electron chi connectivity index (χ2n) is 7.64. The zero-order valence-corrected chi connectivity index (χ0v) is 17.2. The van der Waals surface area contributed by atoms with Crippen LogP contribution in [0.4, 0.5) is 0 Å². The smallest absolute Gasteiger partial charge is 0.115 e. The van der Waals surface area contributed by atoms with E-state index in [4.69, 9.17) is 11.6 Å². The molecule has 144 valence electrons. The van der Waals surface area contributed by atoms with E-state index >= 15 is 0 Å². The van der Waals surface area contributed by atoms with Gasteiger partial charge in [0, 0.05) is 36.7 Å². The van der Waals surface area contributed by atoms with Crippen LogP contribution in [-0.2, 0) is 0 Å². The van der Waals surface area contributed by atoms with E-state index in [1.54, 1.807) is 6.07 Å². The summed E-state index contributed by atoms with van der Waals surface area (Å²) < 4.78 is 0. The number of phenolic OH excluding ortho intramolecular Hbond substituents is 1. The highest BCUT2D eigenvalue weighted by molar-refractivity contribution is 6.30. The number of halogens is 1. The van der Waals surface area contributed by atoms with Crippen LogP contribution in [0.25, 0.3) is 0 Å². The Kier molecular flexibility index (Phi) is 6.25. The minimum absolute atomic E-state index is 0.0812. The SMILES string of the molecule is C=CCN1C[C@@H](C)N(C(c2cccc(O)c2)c2ccc(Cl)cc2C)C[C@@H]1C. The molecule has 1 aliphatic rings. The summed E-state index contributed by atoms with van der Waals surface area (Å²) >= 11 is 6.21. The van der Waals surface area contributed by atoms with Crippen LogP contribution in [0.5, 0.6) is 5.75 Å². The van der Waals surface area contributed by atoms with Gasteiger partial charge in [-0.05, 0) is 61.7 Å². The number of hydrogen-bond acceptors (Lipinski definition) is 3. The molecule has 27 heavy (non-hydrogen) atoms. The molecule has 0 radical (unpaired) electrons. The van der Waals surface area contributed by atoms with Crippen molar-refractivity contribution in [1.82, 2.24) is 9.80 Å². The Bertz CT molecular complexity index is 807. The van der Waals surface area contributed by atoms with Gasteiger partial charge in [0.15, 0.2) is 0 Å². The van der Waals surface area contributed by atoms with Crippen molar-refractivity contribution in [3.8, 4) is 5.75 Å². The van der Waals surface area contributed by atoms with Crippen LogP contribution in [0.2, 0.25) is 5.02 Å². The van der Waals surface area contributed by atoms with Gasteiger partial charge in [-0.1, -0.05) is 35.9 Å². The fourth-order valence-electron chi connectivity index (χ4n) is 4.20. The van der Waals surface area contributed by atoms with Crippen LogP contribution in [-0.4, -0.2) is 46.6 Å². The highest BCUT2D eigenvalue weighted by Crippen LogP contribution is 2.36. The van der Waals surface area contributed by atoms with Gasteiger partial charge in [-0.3, -0.25) is 9.80 Å². The van der Waals surface area contributed by atoms with Gasteiger partial charge in [-0.25, -0.2) is 0 Å². The van der Waals surface area contributed by atoms with Crippen molar-refractivity contribution in [1.29, 1.82) is 0 Å². The molecule has 1 unspecified atom stereocenters. The highest BCUT2D eigenvalue weighted by atomic mass is 35.5. The van der Waals surface area contributed by atoms with E-state index in [1.165, 1.54) is 11.1 Å². The third kappa shape index (κ3) is 4.37. The molecule has 0 bridgehead atoms. The molecule has 3 atom stereocenters. The van der Waals surface area contributed by atoms with Crippen molar-refractivity contribution in [3.63, 3.8) is 0 Å². The lowest BCUT2D eigenvalue weighted by atomic mass is 9.91. The van der Waals surface area contributed by atoms with Gasteiger partial charge in [0.05, 0.1) is 6.04 Å². The van der Waals surface area contributed by atoms with Gasteiger partial charge in [0.1, 0.15) is 5.75 Å². The molecule has 1 aliphatic heterocycles. The van der Waals surface area contributed by atoms with E-state index in [2.05, 4.69) is 49.3 Å². The molecule has 2 aromatic rings. The predicted molar refractivity (Wildman–Crippen MR) is 114 cm³/mol. The van der Waals surface area contributed by atoms with Gasteiger partial charge >= 0.3 is 0 Å². The zero-order valence-electron chi connectivity index (χ0n) is 16.4. The van der Waals surface area contributed by atoms with Gasteiger partial charge in [0.2, 0.25) is 0 Å². The number of nitrogens with zero attached hydrogens (tertiary/aromatic N) is 2. The first-order valence-electron chi connectivity index (χ1n) is 9.56. The summed E-state index contributed by atoms with van der Waals surface area (Å²) in [7, 11) is 0. The standard InChI is InChI=1S/C23H29ClN2O/c1-5-11-25-14-18(4)26(15-17(25)3)23(19-7-6-8-21(27)13-19)22-10-9-20(24)12-16(22)2/h5-10,12-13,17-18,23,27H,1,11,14-15H2,2-4H3/t17-,18+,23?/m0/s1. The Balaban J connectivity index is 2.03. The second-order valence-corrected chi connectivity index (χ2v) is 8.07. The van der Waals surface area contributed by atoms with Crippen LogP contribution in [0.1, 0.15) is 36.6 Å². The summed E-state index contributed by atoms with van der Waals surface area (Å²) in [4.78, 5) is 5.03. The molecule has 0 spiro atoms. The molecule has 1 saturated heterocycles. The van der Waals surface area contributed by atoms with Gasteiger partial charge in [-0.2, -0.15) is 0 Å². The van der Waals surface area contributed by atoms with E-state index in [9.17, 15) is 5.11 Å². The van der Waals surface area contributed by atoms with Crippen LogP contribution in [0.15, 0.2) is 55.1 Å². The second kappa shape index (κ2) is 8.47. The number of benzene rings is 2. The van der Waals surface area contributed by atoms with Gasteiger partial charge < -0.3 is 5.11 Å². The molecular formula is C23H29ClN2O. The van der Waals surface area contributed by atoms with E-state index in [-0.39, 0.29) is 6.04 Å². The van der Waals surface area contributed by atoms with E-state index in [0.717, 1.165) is 30.2 Å². The van der Waals surface area contributed by atoms with Gasteiger partial charge in [0.25, 0.3) is 0 Å². The molecule has 0 saturated carbocycles. The molecule has 0 aliphatic carbocycles. The monoisotopic (exact) mass is 384 g/mol. The summed E-state index contributed by atoms with van der Waals surface area (Å²) in [6.45, 7) is 13.4. The first kappa shape index (κ1) is 19.9. The molecule has 1 fully saturated rings. The van der Waals surface area contributed by atoms with E-state index in [1.807, 2.05) is 30.3 Å². The van der Waals surface area contributed by atoms with Crippen molar-refractivity contribution in [2.24, 2.45) is 0 Å². The number of hydrogen-bond donors (Lipinski definition) is 1. The summed E-state index contributed by atoms with van der Waals surface area (Å²) in [6.07, 6.45) is 1.98. The predicted octanol–water partition coefficient (Wildman–Crippen LogP) is 5.02. The lowest BCUT2D eigenvalue weighted by Gasteiger charge is -2.47. The van der Waals surface area contributed by atoms with E-state index < -0.39 is 0 Å². The van der Waals surface area contributed by atoms with Crippen molar-refractivity contribution >= 4 is 11.6 Å². The third-order valence-corrected chi connectivity index (χ3v) is 5.81. The number of piperazine rings is 1. The fraction of sp³-hybridized carbons (Fsp3) is 0.391. The largest absolute Gasteiger partial charge is 0.508 e. The Morgan fingerprint density at radius 2 is 1.96 bits per heavy atom. The summed E-state index contributed by atoms with van der Waals surface area (Å²) in [5, 5.41) is 10.8. The number of aromatic hydroxyl groups is 1. The fourth-order valence-corrected chi connectivity index (χ4v) is 4.42. The topological polar surface area (TPSA) is 26.7 Å². The van der Waals surface area contributed by atoms with Crippen molar-refractivity contribution in [2.75, 3.05) is 19.6 Å². The van der Waals surface area contributed by atoms with E-state index in [0.29, 0.717) is 17.8 Å². The van der Waals surface area contributed by atoms with Crippen LogP contribution in [0.3, 0.4) is 0 Å². The number of aryl methyl sites for hydroxylation is 1. The van der Waals surface area contributed by atoms with Crippen LogP contribution >= 0.6 is 11.6 Å². The highest BCUT2D eigenvalue weighted by Gasteiger charge is 2.35. The summed E-state index contributed by atoms with van der Waals surface area (Å²) in [5.41, 5.74) is 3.52. The maximum absolute atomic E-state index is 10.1. The summed E-state index contributed by atoms with van der Waals surface area (Å²) in [5.74, 6) is 0.301. The Morgan fingerprint density at radius 3 is 2.63 bits per heavy atom. The average molecular weight is 385 g/mol. The Hall–Kier alpha value is -1.81. The number of phenols is 1.